The van der Waals surface area contributed by atoms with Gasteiger partial charge in [-0.25, -0.2) is 4.39 Å². The fourth-order valence-corrected chi connectivity index (χ4v) is 2.32. The minimum absolute atomic E-state index is 0.0478. The van der Waals surface area contributed by atoms with Crippen molar-refractivity contribution in [2.24, 2.45) is 0 Å². The summed E-state index contributed by atoms with van der Waals surface area (Å²) >= 11 is 0. The number of aliphatic hydroxyl groups is 1. The molecular weight excluding hydrogens is 408 g/mol. The molecule has 0 aliphatic carbocycles. The maximum Gasteiger partial charge on any atom is 0.460 e. The normalized spacial score (nSPS) is 14.4. The molecule has 0 aromatic heterocycles. The number of hydrogen-bond donors (Lipinski definition) is 1. The number of allylic oxidation sites excluding steroid dienone is 2. The molecule has 0 aliphatic heterocycles. The lowest BCUT2D eigenvalue weighted by Gasteiger charge is -2.27. The minimum atomic E-state index is -6.64. The third-order valence-electron chi connectivity index (χ3n) is 3.95. The van der Waals surface area contributed by atoms with Gasteiger partial charge in [-0.15, -0.1) is 5.73 Å². The third kappa shape index (κ3) is 5.93. The Hall–Kier alpha value is -2.12. The summed E-state index contributed by atoms with van der Waals surface area (Å²) in [5.41, 5.74) is 2.58. The second-order valence-electron chi connectivity index (χ2n) is 6.35. The third-order valence-corrected chi connectivity index (χ3v) is 3.95. The molecule has 0 saturated heterocycles. The molecule has 0 aliphatic rings. The van der Waals surface area contributed by atoms with Crippen LogP contribution < -0.4 is 0 Å². The highest BCUT2D eigenvalue weighted by molar-refractivity contribution is 5.68. The molecule has 0 amide bonds. The van der Waals surface area contributed by atoms with E-state index in [4.69, 9.17) is 0 Å². The second-order valence-corrected chi connectivity index (χ2v) is 6.35. The van der Waals surface area contributed by atoms with E-state index in [-0.39, 0.29) is 23.6 Å². The molecule has 162 valence electrons. The van der Waals surface area contributed by atoms with Crippen LogP contribution in [0.5, 0.6) is 0 Å². The van der Waals surface area contributed by atoms with Crippen LogP contribution in [0.3, 0.4) is 0 Å². The molecule has 29 heavy (non-hydrogen) atoms. The van der Waals surface area contributed by atoms with Gasteiger partial charge in [0.15, 0.2) is 5.83 Å². The molecule has 9 heteroatoms. The highest BCUT2D eigenvalue weighted by Crippen LogP contribution is 2.50. The molecule has 1 unspecified atom stereocenters. The van der Waals surface area contributed by atoms with Gasteiger partial charge in [0.2, 0.25) is 0 Å². The predicted molar refractivity (Wildman–Crippen MR) is 93.2 cm³/mol. The Morgan fingerprint density at radius 2 is 1.62 bits per heavy atom. The number of halogens is 8. The highest BCUT2D eigenvalue weighted by Gasteiger charge is 2.74. The lowest BCUT2D eigenvalue weighted by atomic mass is 9.99. The Kier molecular flexibility index (Phi) is 8.24. The van der Waals surface area contributed by atoms with Crippen LogP contribution in [0.1, 0.15) is 38.7 Å². The SMILES string of the molecule is CCCCC(=C=C(c1ccccc1)C(C)O)/C=C(\F)C(F)(F)C(F)(F)C(F)(F)F. The highest BCUT2D eigenvalue weighted by atomic mass is 19.4. The van der Waals surface area contributed by atoms with Gasteiger partial charge < -0.3 is 5.11 Å². The summed E-state index contributed by atoms with van der Waals surface area (Å²) in [6, 6.07) is 7.93. The smallest absolute Gasteiger partial charge is 0.388 e. The number of alkyl halides is 7. The molecule has 0 spiro atoms. The van der Waals surface area contributed by atoms with E-state index in [1.54, 1.807) is 37.3 Å². The van der Waals surface area contributed by atoms with Crippen LogP contribution >= 0.6 is 0 Å². The van der Waals surface area contributed by atoms with E-state index in [1.807, 2.05) is 0 Å². The van der Waals surface area contributed by atoms with Crippen molar-refractivity contribution in [3.63, 3.8) is 0 Å². The van der Waals surface area contributed by atoms with E-state index in [1.165, 1.54) is 6.92 Å². The van der Waals surface area contributed by atoms with Gasteiger partial charge in [0.05, 0.1) is 6.10 Å². The molecule has 1 aromatic rings. The maximum atomic E-state index is 13.9. The number of rotatable bonds is 8. The molecule has 1 aromatic carbocycles. The molecule has 1 nitrogen and oxygen atoms in total. The van der Waals surface area contributed by atoms with Crippen LogP contribution in [-0.2, 0) is 0 Å². The topological polar surface area (TPSA) is 20.2 Å². The first kappa shape index (κ1) is 24.9. The molecule has 0 bridgehead atoms. The molecule has 0 saturated carbocycles. The van der Waals surface area contributed by atoms with E-state index < -0.39 is 30.0 Å². The zero-order chi connectivity index (χ0) is 22.5. The average molecular weight is 428 g/mol. The van der Waals surface area contributed by atoms with Crippen LogP contribution in [0.25, 0.3) is 5.57 Å². The van der Waals surface area contributed by atoms with E-state index in [0.717, 1.165) is 0 Å². The summed E-state index contributed by atoms with van der Waals surface area (Å²) in [6.45, 7) is 3.03. The van der Waals surface area contributed by atoms with E-state index in [2.05, 4.69) is 5.73 Å². The van der Waals surface area contributed by atoms with E-state index >= 15 is 0 Å². The van der Waals surface area contributed by atoms with Gasteiger partial charge in [-0.2, -0.15) is 30.7 Å². The molecule has 1 atom stereocenters. The number of unbranched alkanes of at least 4 members (excludes halogenated alkanes) is 1. The van der Waals surface area contributed by atoms with Crippen molar-refractivity contribution in [3.05, 3.63) is 59.1 Å². The summed E-state index contributed by atoms with van der Waals surface area (Å²) in [6.07, 6.45) is -7.22. The standard InChI is InChI=1S/C20H20F8O/c1-3-4-8-14(11-16(13(2)29)15-9-6-5-7-10-15)12-17(21)18(22,23)19(24,25)20(26,27)28/h5-7,9-10,12-13,29H,3-4,8H2,1-2H3/b17-12-. The summed E-state index contributed by atoms with van der Waals surface area (Å²) in [4.78, 5) is 0. The predicted octanol–water partition coefficient (Wildman–Crippen LogP) is 6.85. The zero-order valence-corrected chi connectivity index (χ0v) is 15.6. The monoisotopic (exact) mass is 428 g/mol. The zero-order valence-electron chi connectivity index (χ0n) is 15.6. The lowest BCUT2D eigenvalue weighted by Crippen LogP contribution is -2.52. The first-order valence-corrected chi connectivity index (χ1v) is 8.68. The number of hydrogen-bond acceptors (Lipinski definition) is 1. The van der Waals surface area contributed by atoms with Crippen molar-refractivity contribution in [2.75, 3.05) is 0 Å². The molecule has 0 fully saturated rings. The number of aliphatic hydroxyl groups excluding tert-OH is 1. The summed E-state index contributed by atoms with van der Waals surface area (Å²) in [5, 5.41) is 9.93. The van der Waals surface area contributed by atoms with Crippen molar-refractivity contribution in [1.29, 1.82) is 0 Å². The maximum absolute atomic E-state index is 13.9. The lowest BCUT2D eigenvalue weighted by molar-refractivity contribution is -0.347. The van der Waals surface area contributed by atoms with Gasteiger partial charge in [-0.05, 0) is 37.0 Å². The van der Waals surface area contributed by atoms with Gasteiger partial charge in [0, 0.05) is 5.57 Å². The van der Waals surface area contributed by atoms with Crippen molar-refractivity contribution >= 4 is 5.57 Å². The van der Waals surface area contributed by atoms with Crippen LogP contribution in [0.4, 0.5) is 35.1 Å². The molecule has 0 radical (unpaired) electrons. The van der Waals surface area contributed by atoms with Crippen molar-refractivity contribution in [3.8, 4) is 0 Å². The minimum Gasteiger partial charge on any atom is -0.388 e. The van der Waals surface area contributed by atoms with Crippen LogP contribution in [0, 0.1) is 0 Å². The molecular formula is C20H20F8O. The van der Waals surface area contributed by atoms with Gasteiger partial charge >= 0.3 is 18.0 Å². The summed E-state index contributed by atoms with van der Waals surface area (Å²) < 4.78 is 104. The van der Waals surface area contributed by atoms with Crippen molar-refractivity contribution in [2.45, 2.75) is 57.2 Å². The largest absolute Gasteiger partial charge is 0.460 e. The first-order chi connectivity index (χ1) is 13.3. The fraction of sp³-hybridized carbons (Fsp3) is 0.450. The van der Waals surface area contributed by atoms with Crippen LogP contribution in [0.2, 0.25) is 0 Å². The van der Waals surface area contributed by atoms with Crippen molar-refractivity contribution < 1.29 is 40.2 Å². The Bertz CT molecular complexity index is 769. The quantitative estimate of drug-likeness (QED) is 0.273. The molecule has 0 heterocycles. The van der Waals surface area contributed by atoms with E-state index in [9.17, 15) is 40.2 Å². The Morgan fingerprint density at radius 1 is 1.07 bits per heavy atom. The van der Waals surface area contributed by atoms with Crippen LogP contribution in [0.15, 0.2) is 53.5 Å². The first-order valence-electron chi connectivity index (χ1n) is 8.68. The Balaban J connectivity index is 3.60. The molecule has 1 N–H and O–H groups in total. The Morgan fingerprint density at radius 3 is 2.07 bits per heavy atom. The second kappa shape index (κ2) is 9.59. The van der Waals surface area contributed by atoms with Gasteiger partial charge in [-0.1, -0.05) is 43.7 Å². The van der Waals surface area contributed by atoms with Gasteiger partial charge in [0.25, 0.3) is 0 Å². The summed E-state index contributed by atoms with van der Waals surface area (Å²) in [7, 11) is 0. The van der Waals surface area contributed by atoms with Gasteiger partial charge in [0.1, 0.15) is 0 Å². The van der Waals surface area contributed by atoms with Crippen molar-refractivity contribution in [1.82, 2.24) is 0 Å². The van der Waals surface area contributed by atoms with E-state index in [0.29, 0.717) is 18.4 Å². The van der Waals surface area contributed by atoms with Gasteiger partial charge in [-0.3, -0.25) is 0 Å². The number of benzene rings is 1. The fourth-order valence-electron chi connectivity index (χ4n) is 2.32. The molecule has 1 rings (SSSR count). The summed E-state index contributed by atoms with van der Waals surface area (Å²) in [5.74, 6) is -15.6. The van der Waals surface area contributed by atoms with Crippen LogP contribution in [-0.4, -0.2) is 29.2 Å². The Labute approximate surface area is 163 Å². The average Bonchev–Trinajstić information content (AvgIpc) is 2.62.